The Labute approximate surface area is 195 Å². The van der Waals surface area contributed by atoms with Crippen molar-refractivity contribution in [2.45, 2.75) is 37.5 Å². The lowest BCUT2D eigenvalue weighted by atomic mass is 9.83. The van der Waals surface area contributed by atoms with Crippen LogP contribution in [0.2, 0.25) is 0 Å². The van der Waals surface area contributed by atoms with Crippen LogP contribution in [0.25, 0.3) is 0 Å². The van der Waals surface area contributed by atoms with Crippen molar-refractivity contribution in [3.8, 4) is 0 Å². The van der Waals surface area contributed by atoms with E-state index in [1.165, 1.54) is 42.0 Å². The van der Waals surface area contributed by atoms with Gasteiger partial charge in [-0.3, -0.25) is 4.99 Å². The van der Waals surface area contributed by atoms with E-state index in [1.807, 2.05) is 0 Å². The van der Waals surface area contributed by atoms with E-state index in [2.05, 4.69) is 39.9 Å². The molecule has 164 valence electrons. The highest BCUT2D eigenvalue weighted by Gasteiger charge is 2.20. The molecule has 0 fully saturated rings. The van der Waals surface area contributed by atoms with Gasteiger partial charge in [0.1, 0.15) is 5.82 Å². The maximum atomic E-state index is 13.7. The van der Waals surface area contributed by atoms with Crippen molar-refractivity contribution in [3.05, 3.63) is 70.5 Å². The van der Waals surface area contributed by atoms with Crippen LogP contribution in [0.1, 0.15) is 41.0 Å². The van der Waals surface area contributed by atoms with Crippen molar-refractivity contribution in [1.29, 1.82) is 0 Å². The predicted octanol–water partition coefficient (Wildman–Crippen LogP) is 3.77. The molecule has 1 aliphatic carbocycles. The monoisotopic (exact) mass is 545 g/mol. The zero-order valence-electron chi connectivity index (χ0n) is 17.3. The van der Waals surface area contributed by atoms with Crippen molar-refractivity contribution in [1.82, 2.24) is 10.6 Å². The number of guanidine groups is 1. The van der Waals surface area contributed by atoms with Crippen LogP contribution in [-0.4, -0.2) is 34.2 Å². The lowest BCUT2D eigenvalue weighted by Crippen LogP contribution is -2.39. The molecule has 3 rings (SSSR count). The molecule has 0 aromatic heterocycles. The van der Waals surface area contributed by atoms with Crippen LogP contribution in [0.5, 0.6) is 0 Å². The second-order valence-electron chi connectivity index (χ2n) is 7.58. The Morgan fingerprint density at radius 1 is 1.17 bits per heavy atom. The van der Waals surface area contributed by atoms with E-state index in [9.17, 15) is 12.8 Å². The average molecular weight is 545 g/mol. The summed E-state index contributed by atoms with van der Waals surface area (Å²) in [7, 11) is -1.52. The Kier molecular flexibility index (Phi) is 9.09. The number of nitrogens with one attached hydrogen (secondary N) is 2. The Bertz CT molecular complexity index is 996. The third kappa shape index (κ3) is 6.94. The van der Waals surface area contributed by atoms with Crippen molar-refractivity contribution in [2.75, 3.05) is 19.8 Å². The third-order valence-electron chi connectivity index (χ3n) is 5.27. The third-order valence-corrected chi connectivity index (χ3v) is 6.10. The fourth-order valence-corrected chi connectivity index (χ4v) is 4.71. The summed E-state index contributed by atoms with van der Waals surface area (Å²) in [4.78, 5) is 4.25. The molecule has 2 aromatic rings. The molecule has 0 radical (unpaired) electrons. The first-order valence-electron chi connectivity index (χ1n) is 9.83. The summed E-state index contributed by atoms with van der Waals surface area (Å²) >= 11 is 0. The number of aryl methyl sites for hydroxylation is 1. The molecule has 5 nitrogen and oxygen atoms in total. The van der Waals surface area contributed by atoms with Crippen LogP contribution in [0.4, 0.5) is 4.39 Å². The molecule has 0 saturated heterocycles. The van der Waals surface area contributed by atoms with Gasteiger partial charge >= 0.3 is 0 Å². The molecule has 0 bridgehead atoms. The van der Waals surface area contributed by atoms with Crippen molar-refractivity contribution < 1.29 is 12.8 Å². The summed E-state index contributed by atoms with van der Waals surface area (Å²) < 4.78 is 37.0. The highest BCUT2D eigenvalue weighted by atomic mass is 127. The molecule has 1 atom stereocenters. The van der Waals surface area contributed by atoms with Crippen molar-refractivity contribution in [3.63, 3.8) is 0 Å². The summed E-state index contributed by atoms with van der Waals surface area (Å²) in [5.74, 6) is 0.534. The molecule has 2 N–H and O–H groups in total. The fraction of sp³-hybridized carbons (Fsp3) is 0.409. The van der Waals surface area contributed by atoms with Gasteiger partial charge < -0.3 is 10.6 Å². The molecular weight excluding hydrogens is 516 g/mol. The summed E-state index contributed by atoms with van der Waals surface area (Å²) in [6.45, 7) is 1.06. The molecule has 2 aromatic carbocycles. The zero-order valence-corrected chi connectivity index (χ0v) is 20.5. The number of hydrogen-bond acceptors (Lipinski definition) is 3. The summed E-state index contributed by atoms with van der Waals surface area (Å²) in [5.41, 5.74) is 4.01. The minimum atomic E-state index is -3.21. The molecule has 0 amide bonds. The molecule has 1 unspecified atom stereocenters. The molecule has 0 saturated carbocycles. The number of sulfone groups is 1. The van der Waals surface area contributed by atoms with Gasteiger partial charge in [0, 0.05) is 32.3 Å². The highest BCUT2D eigenvalue weighted by Crippen LogP contribution is 2.30. The van der Waals surface area contributed by atoms with Crippen LogP contribution in [-0.2, 0) is 28.6 Å². The standard InChI is InChI=1S/C22H28FN3O2S.HI/c1-24-22(25-13-17-8-5-7-16-6-3-4-9-21(16)17)26-14-19-12-20(23)11-10-18(19)15-29(2,27)28;/h3-4,6,9-12,17H,5,7-8,13-15H2,1-2H3,(H2,24,25,26);1H. The van der Waals surface area contributed by atoms with Gasteiger partial charge in [0.2, 0.25) is 0 Å². The van der Waals surface area contributed by atoms with Crippen molar-refractivity contribution in [2.24, 2.45) is 4.99 Å². The quantitative estimate of drug-likeness (QED) is 0.330. The predicted molar refractivity (Wildman–Crippen MR) is 131 cm³/mol. The molecular formula is C22H29FIN3O2S. The molecule has 8 heteroatoms. The van der Waals surface area contributed by atoms with Gasteiger partial charge in [-0.05, 0) is 53.6 Å². The average Bonchev–Trinajstić information content (AvgIpc) is 2.69. The minimum absolute atomic E-state index is 0. The lowest BCUT2D eigenvalue weighted by molar-refractivity contribution is 0.539. The maximum absolute atomic E-state index is 13.7. The topological polar surface area (TPSA) is 70.6 Å². The second-order valence-corrected chi connectivity index (χ2v) is 9.72. The van der Waals surface area contributed by atoms with Gasteiger partial charge in [0.05, 0.1) is 5.75 Å². The number of benzene rings is 2. The van der Waals surface area contributed by atoms with Gasteiger partial charge in [-0.25, -0.2) is 12.8 Å². The maximum Gasteiger partial charge on any atom is 0.191 e. The number of nitrogens with zero attached hydrogens (tertiary/aromatic N) is 1. The fourth-order valence-electron chi connectivity index (χ4n) is 3.87. The largest absolute Gasteiger partial charge is 0.356 e. The van der Waals surface area contributed by atoms with E-state index in [0.717, 1.165) is 19.4 Å². The number of rotatable bonds is 6. The lowest BCUT2D eigenvalue weighted by Gasteiger charge is -2.26. The van der Waals surface area contributed by atoms with Gasteiger partial charge in [-0.15, -0.1) is 24.0 Å². The summed E-state index contributed by atoms with van der Waals surface area (Å²) in [6.07, 6.45) is 4.61. The zero-order chi connectivity index (χ0) is 20.9. The van der Waals surface area contributed by atoms with Crippen LogP contribution < -0.4 is 10.6 Å². The van der Waals surface area contributed by atoms with E-state index in [0.29, 0.717) is 29.5 Å². The van der Waals surface area contributed by atoms with Crippen LogP contribution in [0.3, 0.4) is 0 Å². The van der Waals surface area contributed by atoms with Crippen LogP contribution in [0, 0.1) is 5.82 Å². The number of aliphatic imine (C=N–C) groups is 1. The first-order valence-corrected chi connectivity index (χ1v) is 11.9. The van der Waals surface area contributed by atoms with E-state index in [1.54, 1.807) is 7.05 Å². The Morgan fingerprint density at radius 3 is 2.67 bits per heavy atom. The second kappa shape index (κ2) is 11.1. The number of halogens is 2. The Hall–Kier alpha value is -1.68. The molecule has 1 aliphatic rings. The van der Waals surface area contributed by atoms with E-state index in [-0.39, 0.29) is 35.5 Å². The molecule has 30 heavy (non-hydrogen) atoms. The number of fused-ring (bicyclic) bond motifs is 1. The number of hydrogen-bond donors (Lipinski definition) is 2. The Morgan fingerprint density at radius 2 is 1.93 bits per heavy atom. The van der Waals surface area contributed by atoms with Gasteiger partial charge in [0.15, 0.2) is 15.8 Å². The normalized spacial score (nSPS) is 16.4. The van der Waals surface area contributed by atoms with E-state index in [4.69, 9.17) is 0 Å². The molecule has 0 heterocycles. The van der Waals surface area contributed by atoms with Gasteiger partial charge in [-0.2, -0.15) is 0 Å². The smallest absolute Gasteiger partial charge is 0.191 e. The van der Waals surface area contributed by atoms with E-state index >= 15 is 0 Å². The molecule has 0 spiro atoms. The van der Waals surface area contributed by atoms with Crippen LogP contribution in [0.15, 0.2) is 47.5 Å². The van der Waals surface area contributed by atoms with E-state index < -0.39 is 9.84 Å². The molecule has 0 aliphatic heterocycles. The first kappa shape index (κ1) is 24.6. The van der Waals surface area contributed by atoms with Crippen molar-refractivity contribution >= 4 is 39.8 Å². The van der Waals surface area contributed by atoms with Crippen LogP contribution >= 0.6 is 24.0 Å². The first-order chi connectivity index (χ1) is 13.9. The van der Waals surface area contributed by atoms with Gasteiger partial charge in [0.25, 0.3) is 0 Å². The highest BCUT2D eigenvalue weighted by molar-refractivity contribution is 14.0. The van der Waals surface area contributed by atoms with Gasteiger partial charge in [-0.1, -0.05) is 30.3 Å². The summed E-state index contributed by atoms with van der Waals surface area (Å²) in [6, 6.07) is 12.8. The SMILES string of the molecule is CN=C(NCc1cc(F)ccc1CS(C)(=O)=O)NCC1CCCc2ccccc21.I. The summed E-state index contributed by atoms with van der Waals surface area (Å²) in [5, 5.41) is 6.54. The minimum Gasteiger partial charge on any atom is -0.356 e. The Balaban J connectivity index is 0.00000320.